The van der Waals surface area contributed by atoms with Crippen LogP contribution in [0.3, 0.4) is 0 Å². The molecule has 0 aliphatic rings. The molecule has 7 N–H and O–H groups in total. The fourth-order valence-electron chi connectivity index (χ4n) is 3.10. The summed E-state index contributed by atoms with van der Waals surface area (Å²) in [5.74, 6) is 0.564. The van der Waals surface area contributed by atoms with E-state index in [0.29, 0.717) is 17.4 Å². The van der Waals surface area contributed by atoms with Gasteiger partial charge in [-0.05, 0) is 17.2 Å². The molecule has 2 aromatic carbocycles. The van der Waals surface area contributed by atoms with Gasteiger partial charge >= 0.3 is 11.9 Å². The van der Waals surface area contributed by atoms with Crippen LogP contribution in [0.25, 0.3) is 0 Å². The first kappa shape index (κ1) is 23.8. The van der Waals surface area contributed by atoms with Crippen molar-refractivity contribution in [2.24, 2.45) is 22.4 Å². The molecule has 0 bridgehead atoms. The number of nitrogens with two attached hydrogens (primary N) is 3. The number of aldehydes is 1. The van der Waals surface area contributed by atoms with E-state index in [-0.39, 0.29) is 12.0 Å². The van der Waals surface area contributed by atoms with Crippen LogP contribution in [0.4, 0.5) is 4.39 Å². The number of benzene rings is 2. The lowest BCUT2D eigenvalue weighted by atomic mass is 9.75. The first-order chi connectivity index (χ1) is 14.8. The number of carbonyl (C=O) groups is 3. The van der Waals surface area contributed by atoms with Crippen LogP contribution in [0.5, 0.6) is 0 Å². The van der Waals surface area contributed by atoms with Crippen molar-refractivity contribution < 1.29 is 28.6 Å². The highest BCUT2D eigenvalue weighted by atomic mass is 19.1. The smallest absolute Gasteiger partial charge is 0.339 e. The summed E-state index contributed by atoms with van der Waals surface area (Å²) in [5.41, 5.74) is 10.3. The summed E-state index contributed by atoms with van der Waals surface area (Å²) in [7, 11) is 0. The van der Waals surface area contributed by atoms with Gasteiger partial charge in [-0.25, -0.2) is 14.0 Å². The molecule has 0 aromatic heterocycles. The van der Waals surface area contributed by atoms with Crippen molar-refractivity contribution in [1.82, 2.24) is 0 Å². The van der Waals surface area contributed by atoms with Gasteiger partial charge in [0, 0.05) is 17.9 Å². The van der Waals surface area contributed by atoms with E-state index < -0.39 is 41.9 Å². The van der Waals surface area contributed by atoms with E-state index in [1.165, 1.54) is 24.4 Å². The van der Waals surface area contributed by atoms with Gasteiger partial charge in [-0.15, -0.1) is 0 Å². The van der Waals surface area contributed by atoms with E-state index in [1.807, 2.05) is 0 Å². The van der Waals surface area contributed by atoms with Crippen LogP contribution in [0.2, 0.25) is 0 Å². The topological polar surface area (TPSA) is 171 Å². The van der Waals surface area contributed by atoms with Crippen molar-refractivity contribution in [1.29, 1.82) is 0 Å². The molecule has 10 heteroatoms. The summed E-state index contributed by atoms with van der Waals surface area (Å²) >= 11 is 0. The highest BCUT2D eigenvalue weighted by Crippen LogP contribution is 2.37. The minimum Gasteiger partial charge on any atom is -0.396 e. The third-order valence-corrected chi connectivity index (χ3v) is 4.80. The van der Waals surface area contributed by atoms with Crippen molar-refractivity contribution >= 4 is 24.4 Å². The number of hydrogen-bond donors (Lipinski definition) is 4. The van der Waals surface area contributed by atoms with Gasteiger partial charge in [-0.3, -0.25) is 0 Å². The second-order valence-electron chi connectivity index (χ2n) is 6.75. The molecule has 3 atom stereocenters. The van der Waals surface area contributed by atoms with E-state index >= 15 is 0 Å². The van der Waals surface area contributed by atoms with E-state index in [0.717, 1.165) is 6.07 Å². The molecule has 9 nitrogen and oxygen atoms in total. The Morgan fingerprint density at radius 3 is 2.39 bits per heavy atom. The fraction of sp³-hybridized carbons (Fsp3) is 0.238. The van der Waals surface area contributed by atoms with Gasteiger partial charge in [0.05, 0.1) is 12.8 Å². The predicted octanol–water partition coefficient (Wildman–Crippen LogP) is 0.0345. The lowest BCUT2D eigenvalue weighted by Gasteiger charge is -2.35. The zero-order valence-electron chi connectivity index (χ0n) is 16.5. The standard InChI is InChI=1S/C21H23FN4O5/c22-17-4-2-1-3-15(17)21(24,20(30)31-19(29)18(23)9-10-27)16(12-28)14-7-5-13(6-8-14)11-26-25/h1-8,10-11,16,18,28H,9,12,23-25H2. The molecule has 0 aliphatic heterocycles. The highest BCUT2D eigenvalue weighted by Gasteiger charge is 2.48. The minimum atomic E-state index is -2.29. The van der Waals surface area contributed by atoms with Gasteiger partial charge in [0.15, 0.2) is 5.54 Å². The van der Waals surface area contributed by atoms with Crippen molar-refractivity contribution in [3.63, 3.8) is 0 Å². The molecule has 0 aliphatic carbocycles. The Labute approximate surface area is 177 Å². The third-order valence-electron chi connectivity index (χ3n) is 4.80. The molecule has 0 saturated heterocycles. The van der Waals surface area contributed by atoms with Crippen LogP contribution in [0.1, 0.15) is 29.0 Å². The minimum absolute atomic E-state index is 0.289. The number of carbonyl (C=O) groups excluding carboxylic acids is 3. The number of aliphatic hydroxyl groups excluding tert-OH is 1. The summed E-state index contributed by atoms with van der Waals surface area (Å²) in [4.78, 5) is 35.7. The molecular weight excluding hydrogens is 407 g/mol. The molecule has 0 saturated carbocycles. The molecule has 0 radical (unpaired) electrons. The summed E-state index contributed by atoms with van der Waals surface area (Å²) < 4.78 is 19.5. The van der Waals surface area contributed by atoms with Crippen molar-refractivity contribution in [3.8, 4) is 0 Å². The maximum Gasteiger partial charge on any atom is 0.339 e. The number of hydrogen-bond acceptors (Lipinski definition) is 9. The van der Waals surface area contributed by atoms with E-state index in [9.17, 15) is 23.9 Å². The lowest BCUT2D eigenvalue weighted by Crippen LogP contribution is -2.54. The number of nitrogens with zero attached hydrogens (tertiary/aromatic N) is 1. The number of hydrazone groups is 1. The summed E-state index contributed by atoms with van der Waals surface area (Å²) in [6.07, 6.45) is 1.40. The van der Waals surface area contributed by atoms with Crippen molar-refractivity contribution in [3.05, 3.63) is 71.0 Å². The van der Waals surface area contributed by atoms with E-state index in [2.05, 4.69) is 5.10 Å². The number of esters is 2. The first-order valence-electron chi connectivity index (χ1n) is 9.22. The summed E-state index contributed by atoms with van der Waals surface area (Å²) in [6.45, 7) is -0.682. The monoisotopic (exact) mass is 430 g/mol. The van der Waals surface area contributed by atoms with Crippen LogP contribution in [-0.4, -0.2) is 42.2 Å². The lowest BCUT2D eigenvalue weighted by molar-refractivity contribution is -0.166. The molecule has 0 fully saturated rings. The van der Waals surface area contributed by atoms with Crippen molar-refractivity contribution in [2.75, 3.05) is 6.61 Å². The van der Waals surface area contributed by atoms with Gasteiger partial charge in [-0.1, -0.05) is 42.5 Å². The predicted molar refractivity (Wildman–Crippen MR) is 110 cm³/mol. The maximum atomic E-state index is 14.7. The normalized spacial score (nSPS) is 15.1. The largest absolute Gasteiger partial charge is 0.396 e. The number of halogens is 1. The Balaban J connectivity index is 2.55. The Morgan fingerprint density at radius 2 is 1.84 bits per heavy atom. The second-order valence-corrected chi connectivity index (χ2v) is 6.75. The Morgan fingerprint density at radius 1 is 1.19 bits per heavy atom. The van der Waals surface area contributed by atoms with Gasteiger partial charge in [0.25, 0.3) is 0 Å². The Bertz CT molecular complexity index is 966. The van der Waals surface area contributed by atoms with Crippen LogP contribution >= 0.6 is 0 Å². The molecule has 0 amide bonds. The maximum absolute atomic E-state index is 14.7. The quantitative estimate of drug-likeness (QED) is 0.108. The molecule has 0 heterocycles. The second kappa shape index (κ2) is 10.5. The van der Waals surface area contributed by atoms with Crippen LogP contribution in [0.15, 0.2) is 53.6 Å². The molecule has 0 spiro atoms. The van der Waals surface area contributed by atoms with E-state index in [4.69, 9.17) is 22.0 Å². The highest BCUT2D eigenvalue weighted by molar-refractivity contribution is 5.95. The fourth-order valence-corrected chi connectivity index (χ4v) is 3.10. The van der Waals surface area contributed by atoms with Gasteiger partial charge in [0.2, 0.25) is 0 Å². The number of rotatable bonds is 9. The van der Waals surface area contributed by atoms with Crippen molar-refractivity contribution in [2.45, 2.75) is 23.9 Å². The van der Waals surface area contributed by atoms with Gasteiger partial charge < -0.3 is 31.9 Å². The average Bonchev–Trinajstić information content (AvgIpc) is 2.75. The number of ether oxygens (including phenoxy) is 1. The molecule has 3 unspecified atom stereocenters. The zero-order valence-corrected chi connectivity index (χ0v) is 16.5. The molecule has 31 heavy (non-hydrogen) atoms. The van der Waals surface area contributed by atoms with Crippen LogP contribution in [-0.2, 0) is 24.7 Å². The Kier molecular flexibility index (Phi) is 8.08. The summed E-state index contributed by atoms with van der Waals surface area (Å²) in [5, 5.41) is 13.5. The zero-order chi connectivity index (χ0) is 23.0. The average molecular weight is 430 g/mol. The SMILES string of the molecule is NN=Cc1ccc(C(CO)C(N)(C(=O)OC(=O)C(N)CC=O)c2ccccc2F)cc1. The van der Waals surface area contributed by atoms with Gasteiger partial charge in [0.1, 0.15) is 18.1 Å². The molecular formula is C21H23FN4O5. The first-order valence-corrected chi connectivity index (χ1v) is 9.22. The number of aliphatic hydroxyl groups is 1. The molecule has 164 valence electrons. The van der Waals surface area contributed by atoms with E-state index in [1.54, 1.807) is 24.3 Å². The molecule has 2 rings (SSSR count). The van der Waals surface area contributed by atoms with Crippen LogP contribution in [0, 0.1) is 5.82 Å². The van der Waals surface area contributed by atoms with Crippen LogP contribution < -0.4 is 17.3 Å². The Hall–Kier alpha value is -3.47. The molecule has 2 aromatic rings. The summed E-state index contributed by atoms with van der Waals surface area (Å²) in [6, 6.07) is 10.1. The third kappa shape index (κ3) is 5.18. The van der Waals surface area contributed by atoms with Gasteiger partial charge in [-0.2, -0.15) is 5.10 Å².